The highest BCUT2D eigenvalue weighted by molar-refractivity contribution is 5.83. The van der Waals surface area contributed by atoms with E-state index < -0.39 is 0 Å². The molecule has 0 saturated heterocycles. The maximum atomic E-state index is 5.62. The Bertz CT molecular complexity index is 677. The molecular weight excluding hydrogens is 228 g/mol. The van der Waals surface area contributed by atoms with E-state index in [4.69, 9.17) is 10.5 Å². The summed E-state index contributed by atoms with van der Waals surface area (Å²) in [6.45, 7) is 0.322. The minimum absolute atomic E-state index is 0.229. The molecule has 0 fully saturated rings. The van der Waals surface area contributed by atoms with E-state index in [1.807, 2.05) is 30.3 Å². The van der Waals surface area contributed by atoms with Gasteiger partial charge in [0.2, 0.25) is 5.95 Å². The number of aromatic amines is 1. The van der Waals surface area contributed by atoms with Crippen LogP contribution < -0.4 is 10.5 Å². The summed E-state index contributed by atoms with van der Waals surface area (Å²) in [4.78, 5) is 3.97. The van der Waals surface area contributed by atoms with E-state index in [2.05, 4.69) is 27.3 Å². The molecule has 0 aliphatic heterocycles. The molecule has 1 heterocycles. The topological polar surface area (TPSA) is 76.8 Å². The van der Waals surface area contributed by atoms with Crippen LogP contribution in [0.1, 0.15) is 5.82 Å². The summed E-state index contributed by atoms with van der Waals surface area (Å²) in [6, 6.07) is 14.1. The lowest BCUT2D eigenvalue weighted by Gasteiger charge is -2.05. The second-order valence-electron chi connectivity index (χ2n) is 3.94. The van der Waals surface area contributed by atoms with Gasteiger partial charge in [-0.3, -0.25) is 5.10 Å². The largest absolute Gasteiger partial charge is 0.486 e. The molecule has 0 saturated carbocycles. The molecule has 0 aliphatic carbocycles. The maximum absolute atomic E-state index is 5.62. The fourth-order valence-electron chi connectivity index (χ4n) is 1.78. The average molecular weight is 240 g/mol. The van der Waals surface area contributed by atoms with Crippen LogP contribution in [0.3, 0.4) is 0 Å². The fraction of sp³-hybridized carbons (Fsp3) is 0.0769. The highest BCUT2D eigenvalue weighted by Gasteiger charge is 2.01. The van der Waals surface area contributed by atoms with Crippen molar-refractivity contribution in [3.63, 3.8) is 0 Å². The van der Waals surface area contributed by atoms with Gasteiger partial charge in [-0.1, -0.05) is 30.3 Å². The van der Waals surface area contributed by atoms with Gasteiger partial charge >= 0.3 is 0 Å². The van der Waals surface area contributed by atoms with Crippen molar-refractivity contribution in [3.8, 4) is 5.75 Å². The van der Waals surface area contributed by atoms with E-state index in [0.717, 1.165) is 11.1 Å². The van der Waals surface area contributed by atoms with Crippen molar-refractivity contribution in [2.45, 2.75) is 6.61 Å². The van der Waals surface area contributed by atoms with Crippen LogP contribution in [0, 0.1) is 0 Å². The van der Waals surface area contributed by atoms with Gasteiger partial charge in [-0.2, -0.15) is 4.98 Å². The summed E-state index contributed by atoms with van der Waals surface area (Å²) >= 11 is 0. The molecule has 5 heteroatoms. The van der Waals surface area contributed by atoms with E-state index in [-0.39, 0.29) is 5.95 Å². The molecule has 18 heavy (non-hydrogen) atoms. The van der Waals surface area contributed by atoms with Crippen molar-refractivity contribution in [3.05, 3.63) is 48.3 Å². The van der Waals surface area contributed by atoms with Crippen LogP contribution in [0.5, 0.6) is 5.75 Å². The van der Waals surface area contributed by atoms with E-state index in [9.17, 15) is 0 Å². The number of nitrogens with two attached hydrogens (primary N) is 1. The number of benzene rings is 2. The number of aromatic nitrogens is 3. The third-order valence-corrected chi connectivity index (χ3v) is 2.65. The van der Waals surface area contributed by atoms with Crippen LogP contribution in [0.15, 0.2) is 42.5 Å². The fourth-order valence-corrected chi connectivity index (χ4v) is 1.78. The Balaban J connectivity index is 1.78. The molecule has 90 valence electrons. The average Bonchev–Trinajstić information content (AvgIpc) is 2.82. The number of nitrogens with zero attached hydrogens (tertiary/aromatic N) is 2. The van der Waals surface area contributed by atoms with Gasteiger partial charge in [0, 0.05) is 0 Å². The van der Waals surface area contributed by atoms with Gasteiger partial charge < -0.3 is 10.5 Å². The smallest absolute Gasteiger partial charge is 0.239 e. The van der Waals surface area contributed by atoms with Gasteiger partial charge in [-0.15, -0.1) is 5.10 Å². The Labute approximate surface area is 104 Å². The van der Waals surface area contributed by atoms with Gasteiger partial charge in [0.25, 0.3) is 0 Å². The number of hydrogen-bond acceptors (Lipinski definition) is 4. The number of fused-ring (bicyclic) bond motifs is 1. The Hall–Kier alpha value is -2.56. The number of H-pyrrole nitrogens is 1. The summed E-state index contributed by atoms with van der Waals surface area (Å²) in [5.74, 6) is 1.64. The van der Waals surface area contributed by atoms with Gasteiger partial charge in [0.05, 0.1) is 0 Å². The van der Waals surface area contributed by atoms with Crippen LogP contribution in [0.4, 0.5) is 5.95 Å². The predicted molar refractivity (Wildman–Crippen MR) is 69.1 cm³/mol. The molecule has 3 aromatic rings. The molecule has 0 unspecified atom stereocenters. The first kappa shape index (κ1) is 10.6. The lowest BCUT2D eigenvalue weighted by molar-refractivity contribution is 0.297. The molecule has 2 aromatic carbocycles. The third-order valence-electron chi connectivity index (χ3n) is 2.65. The van der Waals surface area contributed by atoms with Crippen LogP contribution in [0.25, 0.3) is 10.8 Å². The lowest BCUT2D eigenvalue weighted by Crippen LogP contribution is -1.97. The molecule has 0 radical (unpaired) electrons. The van der Waals surface area contributed by atoms with E-state index in [1.165, 1.54) is 5.39 Å². The maximum Gasteiger partial charge on any atom is 0.239 e. The molecule has 1 aromatic heterocycles. The quantitative estimate of drug-likeness (QED) is 0.735. The van der Waals surface area contributed by atoms with Crippen molar-refractivity contribution in [2.75, 3.05) is 5.73 Å². The zero-order chi connectivity index (χ0) is 12.4. The van der Waals surface area contributed by atoms with Crippen LogP contribution in [0.2, 0.25) is 0 Å². The second kappa shape index (κ2) is 4.37. The number of hydrogen-bond donors (Lipinski definition) is 2. The Kier molecular flexibility index (Phi) is 2.57. The number of anilines is 1. The first-order valence-electron chi connectivity index (χ1n) is 5.59. The zero-order valence-corrected chi connectivity index (χ0v) is 9.63. The summed E-state index contributed by atoms with van der Waals surface area (Å²) in [5, 5.41) is 8.78. The summed E-state index contributed by atoms with van der Waals surface area (Å²) < 4.78 is 5.62. The van der Waals surface area contributed by atoms with E-state index in [1.54, 1.807) is 0 Å². The molecule has 3 N–H and O–H groups in total. The van der Waals surface area contributed by atoms with Crippen molar-refractivity contribution in [2.24, 2.45) is 0 Å². The van der Waals surface area contributed by atoms with Gasteiger partial charge in [0.1, 0.15) is 12.4 Å². The molecule has 0 aliphatic rings. The molecule has 0 bridgehead atoms. The first-order chi connectivity index (χ1) is 8.81. The Morgan fingerprint density at radius 3 is 2.72 bits per heavy atom. The molecule has 3 rings (SSSR count). The number of nitrogen functional groups attached to an aromatic ring is 1. The number of nitrogens with one attached hydrogen (secondary N) is 1. The van der Waals surface area contributed by atoms with Crippen LogP contribution in [-0.4, -0.2) is 15.2 Å². The number of ether oxygens (including phenoxy) is 1. The molecule has 0 spiro atoms. The molecule has 5 nitrogen and oxygen atoms in total. The summed E-state index contributed by atoms with van der Waals surface area (Å²) in [5.41, 5.74) is 5.41. The monoisotopic (exact) mass is 240 g/mol. The summed E-state index contributed by atoms with van der Waals surface area (Å²) in [6.07, 6.45) is 0. The lowest BCUT2D eigenvalue weighted by atomic mass is 10.1. The van der Waals surface area contributed by atoms with Crippen molar-refractivity contribution < 1.29 is 4.74 Å². The van der Waals surface area contributed by atoms with E-state index >= 15 is 0 Å². The van der Waals surface area contributed by atoms with Gasteiger partial charge in [0.15, 0.2) is 5.82 Å². The predicted octanol–water partition coefficient (Wildman–Crippen LogP) is 2.12. The third kappa shape index (κ3) is 2.10. The Morgan fingerprint density at radius 2 is 1.94 bits per heavy atom. The summed E-state index contributed by atoms with van der Waals surface area (Å²) in [7, 11) is 0. The minimum Gasteiger partial charge on any atom is -0.486 e. The van der Waals surface area contributed by atoms with E-state index in [0.29, 0.717) is 12.4 Å². The molecule has 0 atom stereocenters. The van der Waals surface area contributed by atoms with Gasteiger partial charge in [-0.25, -0.2) is 0 Å². The minimum atomic E-state index is 0.229. The SMILES string of the molecule is Nc1n[nH]c(COc2ccc3ccccc3c2)n1. The standard InChI is InChI=1S/C13H12N4O/c14-13-15-12(16-17-13)8-18-11-6-5-9-3-1-2-4-10(9)7-11/h1-7H,8H2,(H3,14,15,16,17). The van der Waals surface area contributed by atoms with Gasteiger partial charge in [-0.05, 0) is 22.9 Å². The normalized spacial score (nSPS) is 10.7. The first-order valence-corrected chi connectivity index (χ1v) is 5.59. The van der Waals surface area contributed by atoms with Crippen LogP contribution in [-0.2, 0) is 6.61 Å². The van der Waals surface area contributed by atoms with Crippen molar-refractivity contribution in [1.29, 1.82) is 0 Å². The number of rotatable bonds is 3. The molecular formula is C13H12N4O. The second-order valence-corrected chi connectivity index (χ2v) is 3.94. The van der Waals surface area contributed by atoms with Crippen LogP contribution >= 0.6 is 0 Å². The highest BCUT2D eigenvalue weighted by atomic mass is 16.5. The zero-order valence-electron chi connectivity index (χ0n) is 9.63. The highest BCUT2D eigenvalue weighted by Crippen LogP contribution is 2.21. The molecule has 0 amide bonds. The van der Waals surface area contributed by atoms with Crippen molar-refractivity contribution in [1.82, 2.24) is 15.2 Å². The van der Waals surface area contributed by atoms with Crippen molar-refractivity contribution >= 4 is 16.7 Å². The Morgan fingerprint density at radius 1 is 1.11 bits per heavy atom.